The molecule has 1 fully saturated rings. The van der Waals surface area contributed by atoms with Crippen LogP contribution in [0.4, 0.5) is 13.2 Å². The van der Waals surface area contributed by atoms with Crippen LogP contribution in [0.2, 0.25) is 0 Å². The summed E-state index contributed by atoms with van der Waals surface area (Å²) in [6, 6.07) is 4.99. The summed E-state index contributed by atoms with van der Waals surface area (Å²) in [5.74, 6) is 0.301. The van der Waals surface area contributed by atoms with E-state index in [-0.39, 0.29) is 5.52 Å². The van der Waals surface area contributed by atoms with Gasteiger partial charge in [-0.05, 0) is 54.5 Å². The number of halogens is 3. The van der Waals surface area contributed by atoms with E-state index in [9.17, 15) is 13.2 Å². The number of hydrogen-bond acceptors (Lipinski definition) is 1. The highest BCUT2D eigenvalue weighted by molar-refractivity contribution is 5.86. The molecule has 0 atom stereocenters. The number of rotatable bonds is 2. The van der Waals surface area contributed by atoms with Crippen LogP contribution in [0.3, 0.4) is 0 Å². The number of aromatic nitrogens is 1. The van der Waals surface area contributed by atoms with Gasteiger partial charge < -0.3 is 0 Å². The molecular weight excluding hydrogens is 251 g/mol. The fourth-order valence-corrected chi connectivity index (χ4v) is 2.51. The van der Waals surface area contributed by atoms with Crippen molar-refractivity contribution < 1.29 is 13.2 Å². The Bertz CT molecular complexity index is 627. The molecule has 1 aromatic heterocycles. The first kappa shape index (κ1) is 12.5. The zero-order valence-corrected chi connectivity index (χ0v) is 10.6. The SMILES string of the molecule is CCc1ccnc2c(C(F)(F)F)cc(C3CC3)cc12. The molecule has 2 aromatic rings. The van der Waals surface area contributed by atoms with Crippen LogP contribution in [-0.2, 0) is 12.6 Å². The minimum atomic E-state index is -4.34. The smallest absolute Gasteiger partial charge is 0.256 e. The zero-order chi connectivity index (χ0) is 13.6. The lowest BCUT2D eigenvalue weighted by Gasteiger charge is -2.14. The third-order valence-electron chi connectivity index (χ3n) is 3.69. The molecule has 19 heavy (non-hydrogen) atoms. The molecule has 0 N–H and O–H groups in total. The normalized spacial score (nSPS) is 16.0. The quantitative estimate of drug-likeness (QED) is 0.767. The molecule has 1 aromatic carbocycles. The van der Waals surface area contributed by atoms with Crippen molar-refractivity contribution >= 4 is 10.9 Å². The number of alkyl halides is 3. The van der Waals surface area contributed by atoms with Crippen LogP contribution in [0.5, 0.6) is 0 Å². The Balaban J connectivity index is 2.33. The number of benzene rings is 1. The highest BCUT2D eigenvalue weighted by atomic mass is 19.4. The maximum Gasteiger partial charge on any atom is 0.418 e. The Morgan fingerprint density at radius 3 is 2.58 bits per heavy atom. The maximum absolute atomic E-state index is 13.2. The highest BCUT2D eigenvalue weighted by Gasteiger charge is 2.35. The van der Waals surface area contributed by atoms with E-state index in [1.165, 1.54) is 12.3 Å². The van der Waals surface area contributed by atoms with Crippen molar-refractivity contribution in [2.45, 2.75) is 38.3 Å². The van der Waals surface area contributed by atoms with Gasteiger partial charge in [-0.3, -0.25) is 4.98 Å². The average molecular weight is 265 g/mol. The lowest BCUT2D eigenvalue weighted by molar-refractivity contribution is -0.136. The Labute approximate surface area is 109 Å². The molecule has 1 saturated carbocycles. The molecule has 1 aliphatic rings. The fourth-order valence-electron chi connectivity index (χ4n) is 2.51. The summed E-state index contributed by atoms with van der Waals surface area (Å²) in [6.07, 6.45) is -0.185. The van der Waals surface area contributed by atoms with Crippen molar-refractivity contribution in [2.75, 3.05) is 0 Å². The molecule has 0 saturated heterocycles. The zero-order valence-electron chi connectivity index (χ0n) is 10.6. The second-order valence-corrected chi connectivity index (χ2v) is 5.06. The minimum Gasteiger partial charge on any atom is -0.256 e. The van der Waals surface area contributed by atoms with Crippen LogP contribution < -0.4 is 0 Å². The average Bonchev–Trinajstić information content (AvgIpc) is 3.19. The van der Waals surface area contributed by atoms with Crippen molar-refractivity contribution in [1.82, 2.24) is 4.98 Å². The van der Waals surface area contributed by atoms with Crippen LogP contribution in [0.1, 0.15) is 42.4 Å². The summed E-state index contributed by atoms with van der Waals surface area (Å²) in [6.45, 7) is 1.95. The van der Waals surface area contributed by atoms with Crippen molar-refractivity contribution in [3.63, 3.8) is 0 Å². The molecule has 0 unspecified atom stereocenters. The third kappa shape index (κ3) is 2.20. The van der Waals surface area contributed by atoms with Crippen molar-refractivity contribution in [3.05, 3.63) is 41.1 Å². The first-order chi connectivity index (χ1) is 9.00. The molecule has 1 heterocycles. The number of nitrogens with zero attached hydrogens (tertiary/aromatic N) is 1. The van der Waals surface area contributed by atoms with Crippen LogP contribution in [-0.4, -0.2) is 4.98 Å². The molecule has 0 bridgehead atoms. The van der Waals surface area contributed by atoms with E-state index in [1.54, 1.807) is 6.07 Å². The van der Waals surface area contributed by atoms with E-state index in [4.69, 9.17) is 0 Å². The van der Waals surface area contributed by atoms with Gasteiger partial charge in [0.15, 0.2) is 0 Å². The van der Waals surface area contributed by atoms with Gasteiger partial charge in [0.05, 0.1) is 11.1 Å². The van der Waals surface area contributed by atoms with Gasteiger partial charge in [0.1, 0.15) is 0 Å². The Morgan fingerprint density at radius 2 is 2.00 bits per heavy atom. The van der Waals surface area contributed by atoms with Crippen molar-refractivity contribution in [1.29, 1.82) is 0 Å². The molecule has 100 valence electrons. The Hall–Kier alpha value is -1.58. The molecule has 1 aliphatic carbocycles. The molecule has 0 spiro atoms. The molecule has 1 nitrogen and oxygen atoms in total. The second kappa shape index (κ2) is 4.22. The minimum absolute atomic E-state index is 0.0799. The van der Waals surface area contributed by atoms with Gasteiger partial charge in [0.25, 0.3) is 0 Å². The number of aryl methyl sites for hydroxylation is 1. The molecule has 0 aliphatic heterocycles. The largest absolute Gasteiger partial charge is 0.418 e. The van der Waals surface area contributed by atoms with E-state index in [0.29, 0.717) is 17.7 Å². The van der Waals surface area contributed by atoms with Crippen molar-refractivity contribution in [2.24, 2.45) is 0 Å². The lowest BCUT2D eigenvalue weighted by Crippen LogP contribution is -2.08. The summed E-state index contributed by atoms with van der Waals surface area (Å²) in [4.78, 5) is 3.96. The Kier molecular flexibility index (Phi) is 2.77. The van der Waals surface area contributed by atoms with Gasteiger partial charge >= 0.3 is 6.18 Å². The fraction of sp³-hybridized carbons (Fsp3) is 0.400. The number of fused-ring (bicyclic) bond motifs is 1. The Morgan fingerprint density at radius 1 is 1.26 bits per heavy atom. The van der Waals surface area contributed by atoms with Crippen LogP contribution in [0.15, 0.2) is 24.4 Å². The van der Waals surface area contributed by atoms with Crippen molar-refractivity contribution in [3.8, 4) is 0 Å². The molecule has 4 heteroatoms. The monoisotopic (exact) mass is 265 g/mol. The third-order valence-corrected chi connectivity index (χ3v) is 3.69. The van der Waals surface area contributed by atoms with E-state index in [1.807, 2.05) is 13.0 Å². The lowest BCUT2D eigenvalue weighted by atomic mass is 9.98. The van der Waals surface area contributed by atoms with Gasteiger partial charge in [0.2, 0.25) is 0 Å². The predicted molar refractivity (Wildman–Crippen MR) is 68.1 cm³/mol. The summed E-state index contributed by atoms with van der Waals surface area (Å²) < 4.78 is 39.5. The van der Waals surface area contributed by atoms with Gasteiger partial charge in [-0.25, -0.2) is 0 Å². The standard InChI is InChI=1S/C15H14F3N/c1-2-9-5-6-19-14-12(9)7-11(10-3-4-10)8-13(14)15(16,17)18/h5-8,10H,2-4H2,1H3. The first-order valence-corrected chi connectivity index (χ1v) is 6.49. The maximum atomic E-state index is 13.2. The summed E-state index contributed by atoms with van der Waals surface area (Å²) >= 11 is 0. The summed E-state index contributed by atoms with van der Waals surface area (Å²) in [5, 5.41) is 0.654. The summed E-state index contributed by atoms with van der Waals surface area (Å²) in [5.41, 5.74) is 1.22. The molecule has 3 rings (SSSR count). The molecular formula is C15H14F3N. The number of hydrogen-bond donors (Lipinski definition) is 0. The van der Waals surface area contributed by atoms with Crippen LogP contribution in [0, 0.1) is 0 Å². The molecule has 0 radical (unpaired) electrons. The number of pyridine rings is 1. The van der Waals surface area contributed by atoms with Crippen LogP contribution >= 0.6 is 0 Å². The molecule has 0 amide bonds. The topological polar surface area (TPSA) is 12.9 Å². The van der Waals surface area contributed by atoms with Gasteiger partial charge in [-0.15, -0.1) is 0 Å². The predicted octanol–water partition coefficient (Wildman–Crippen LogP) is 4.69. The van der Waals surface area contributed by atoms with Gasteiger partial charge in [-0.1, -0.05) is 6.92 Å². The highest BCUT2D eigenvalue weighted by Crippen LogP contribution is 2.44. The van der Waals surface area contributed by atoms with E-state index < -0.39 is 11.7 Å². The van der Waals surface area contributed by atoms with E-state index in [2.05, 4.69) is 4.98 Å². The van der Waals surface area contributed by atoms with E-state index in [0.717, 1.165) is 24.0 Å². The van der Waals surface area contributed by atoms with Gasteiger partial charge in [-0.2, -0.15) is 13.2 Å². The summed E-state index contributed by atoms with van der Waals surface area (Å²) in [7, 11) is 0. The first-order valence-electron chi connectivity index (χ1n) is 6.49. The van der Waals surface area contributed by atoms with E-state index >= 15 is 0 Å². The van der Waals surface area contributed by atoms with Crippen LogP contribution in [0.25, 0.3) is 10.9 Å². The van der Waals surface area contributed by atoms with Gasteiger partial charge in [0, 0.05) is 11.6 Å². The second-order valence-electron chi connectivity index (χ2n) is 5.06.